The van der Waals surface area contributed by atoms with Gasteiger partial charge in [-0.15, -0.1) is 0 Å². The maximum absolute atomic E-state index is 11.0. The molecule has 0 aromatic heterocycles. The van der Waals surface area contributed by atoms with Crippen molar-refractivity contribution in [2.24, 2.45) is 0 Å². The summed E-state index contributed by atoms with van der Waals surface area (Å²) >= 11 is 1.95. The molecule has 0 aliphatic rings. The molecule has 1 aromatic rings. The summed E-state index contributed by atoms with van der Waals surface area (Å²) in [5.41, 5.74) is 0.875. The summed E-state index contributed by atoms with van der Waals surface area (Å²) in [7, 11) is 0. The van der Waals surface area contributed by atoms with Crippen LogP contribution in [-0.2, 0) is 16.0 Å². The third-order valence-corrected chi connectivity index (χ3v) is 3.03. The molecule has 4 nitrogen and oxygen atoms in total. The van der Waals surface area contributed by atoms with Crippen LogP contribution < -0.4 is 0 Å². The molecule has 5 heteroatoms. The molecule has 0 aliphatic carbocycles. The van der Waals surface area contributed by atoms with E-state index in [0.717, 1.165) is 0 Å². The molecule has 0 aliphatic heterocycles. The lowest BCUT2D eigenvalue weighted by molar-refractivity contribution is -0.147. The predicted octanol–water partition coefficient (Wildman–Crippen LogP) is 1.54. The summed E-state index contributed by atoms with van der Waals surface area (Å²) in [4.78, 5) is 21.8. The number of aliphatic carboxylic acids is 1. The molecule has 16 heavy (non-hydrogen) atoms. The molecule has 0 spiro atoms. The van der Waals surface area contributed by atoms with Crippen LogP contribution in [0.3, 0.4) is 0 Å². The third-order valence-electron chi connectivity index (χ3n) is 2.09. The largest absolute Gasteiger partial charge is 0.479 e. The van der Waals surface area contributed by atoms with Gasteiger partial charge in [0.2, 0.25) is 0 Å². The molecule has 1 unspecified atom stereocenters. The SMILES string of the molecule is CC(=O)Cc1cccc(I)c1C(O)C(=O)O. The van der Waals surface area contributed by atoms with E-state index in [9.17, 15) is 14.7 Å². The highest BCUT2D eigenvalue weighted by molar-refractivity contribution is 14.1. The van der Waals surface area contributed by atoms with Gasteiger partial charge in [-0.3, -0.25) is 4.79 Å². The smallest absolute Gasteiger partial charge is 0.337 e. The number of benzene rings is 1. The van der Waals surface area contributed by atoms with Crippen molar-refractivity contribution in [1.29, 1.82) is 0 Å². The fourth-order valence-corrected chi connectivity index (χ4v) is 2.28. The number of halogens is 1. The Morgan fingerprint density at radius 3 is 2.56 bits per heavy atom. The van der Waals surface area contributed by atoms with E-state index in [2.05, 4.69) is 0 Å². The standard InChI is InChI=1S/C11H11IO4/c1-6(13)5-7-3-2-4-8(12)9(7)10(14)11(15)16/h2-4,10,14H,5H2,1H3,(H,15,16). The first kappa shape index (κ1) is 13.1. The van der Waals surface area contributed by atoms with Gasteiger partial charge >= 0.3 is 5.97 Å². The van der Waals surface area contributed by atoms with E-state index >= 15 is 0 Å². The summed E-state index contributed by atoms with van der Waals surface area (Å²) in [6.45, 7) is 1.43. The minimum Gasteiger partial charge on any atom is -0.479 e. The van der Waals surface area contributed by atoms with Gasteiger partial charge in [0.1, 0.15) is 5.78 Å². The molecule has 0 radical (unpaired) electrons. The van der Waals surface area contributed by atoms with Crippen molar-refractivity contribution in [1.82, 2.24) is 0 Å². The number of carbonyl (C=O) groups is 2. The first-order valence-electron chi connectivity index (χ1n) is 4.61. The molecule has 2 N–H and O–H groups in total. The van der Waals surface area contributed by atoms with Crippen molar-refractivity contribution in [2.45, 2.75) is 19.4 Å². The zero-order valence-electron chi connectivity index (χ0n) is 8.61. The van der Waals surface area contributed by atoms with Crippen molar-refractivity contribution in [2.75, 3.05) is 0 Å². The summed E-state index contributed by atoms with van der Waals surface area (Å²) in [5.74, 6) is -1.38. The van der Waals surface area contributed by atoms with E-state index in [-0.39, 0.29) is 12.2 Å². The molecule has 0 fully saturated rings. The Labute approximate surface area is 106 Å². The second-order valence-corrected chi connectivity index (χ2v) is 4.59. The van der Waals surface area contributed by atoms with E-state index in [1.165, 1.54) is 6.92 Å². The van der Waals surface area contributed by atoms with E-state index < -0.39 is 12.1 Å². The first-order chi connectivity index (χ1) is 7.43. The Morgan fingerprint density at radius 1 is 1.44 bits per heavy atom. The summed E-state index contributed by atoms with van der Waals surface area (Å²) in [6, 6.07) is 5.09. The Morgan fingerprint density at radius 2 is 2.06 bits per heavy atom. The van der Waals surface area contributed by atoms with Crippen LogP contribution in [0, 0.1) is 3.57 Å². The zero-order valence-corrected chi connectivity index (χ0v) is 10.8. The van der Waals surface area contributed by atoms with Crippen LogP contribution in [0.15, 0.2) is 18.2 Å². The van der Waals surface area contributed by atoms with Crippen LogP contribution in [0.2, 0.25) is 0 Å². The predicted molar refractivity (Wildman–Crippen MR) is 66.1 cm³/mol. The summed E-state index contributed by atoms with van der Waals surface area (Å²) in [5, 5.41) is 18.3. The highest BCUT2D eigenvalue weighted by Gasteiger charge is 2.22. The van der Waals surface area contributed by atoms with Gasteiger partial charge in [-0.05, 0) is 41.1 Å². The van der Waals surface area contributed by atoms with Crippen LogP contribution >= 0.6 is 22.6 Å². The third kappa shape index (κ3) is 3.02. The van der Waals surface area contributed by atoms with Crippen LogP contribution in [0.5, 0.6) is 0 Å². The number of Topliss-reactive ketones (excluding diaryl/α,β-unsaturated/α-hetero) is 1. The molecule has 1 atom stereocenters. The monoisotopic (exact) mass is 334 g/mol. The van der Waals surface area contributed by atoms with E-state index in [1.807, 2.05) is 22.6 Å². The van der Waals surface area contributed by atoms with Crippen LogP contribution in [0.25, 0.3) is 0 Å². The van der Waals surface area contributed by atoms with Gasteiger partial charge in [0.15, 0.2) is 6.10 Å². The highest BCUT2D eigenvalue weighted by atomic mass is 127. The van der Waals surface area contributed by atoms with Crippen molar-refractivity contribution in [3.63, 3.8) is 0 Å². The molecule has 0 amide bonds. The van der Waals surface area contributed by atoms with E-state index in [0.29, 0.717) is 14.7 Å². The lowest BCUT2D eigenvalue weighted by Crippen LogP contribution is -2.15. The Kier molecular flexibility index (Phi) is 4.43. The van der Waals surface area contributed by atoms with Gasteiger partial charge < -0.3 is 10.2 Å². The molecular formula is C11H11IO4. The summed E-state index contributed by atoms with van der Waals surface area (Å²) < 4.78 is 0.645. The fraction of sp³-hybridized carbons (Fsp3) is 0.273. The van der Waals surface area contributed by atoms with E-state index in [4.69, 9.17) is 5.11 Å². The molecule has 0 heterocycles. The average Bonchev–Trinajstić information content (AvgIpc) is 2.16. The minimum atomic E-state index is -1.58. The van der Waals surface area contributed by atoms with E-state index in [1.54, 1.807) is 18.2 Å². The normalized spacial score (nSPS) is 12.2. The van der Waals surface area contributed by atoms with Gasteiger partial charge in [-0.25, -0.2) is 4.79 Å². The highest BCUT2D eigenvalue weighted by Crippen LogP contribution is 2.25. The number of carbonyl (C=O) groups excluding carboxylic acids is 1. The number of ketones is 1. The number of aliphatic hydroxyl groups excluding tert-OH is 1. The molecule has 0 saturated heterocycles. The number of carboxylic acids is 1. The molecule has 0 saturated carbocycles. The van der Waals surface area contributed by atoms with Crippen molar-refractivity contribution in [3.05, 3.63) is 32.9 Å². The quantitative estimate of drug-likeness (QED) is 0.819. The number of hydrogen-bond donors (Lipinski definition) is 2. The number of rotatable bonds is 4. The van der Waals surface area contributed by atoms with Crippen molar-refractivity contribution in [3.8, 4) is 0 Å². The second kappa shape index (κ2) is 5.40. The van der Waals surface area contributed by atoms with Gasteiger partial charge in [0.05, 0.1) is 0 Å². The van der Waals surface area contributed by atoms with Crippen LogP contribution in [-0.4, -0.2) is 22.0 Å². The van der Waals surface area contributed by atoms with Crippen molar-refractivity contribution < 1.29 is 19.8 Å². The number of carboxylic acid groups (broad SMARTS) is 1. The maximum atomic E-state index is 11.0. The molecule has 86 valence electrons. The zero-order chi connectivity index (χ0) is 12.3. The minimum absolute atomic E-state index is 0.0687. The number of hydrogen-bond acceptors (Lipinski definition) is 3. The molecule has 0 bridgehead atoms. The second-order valence-electron chi connectivity index (χ2n) is 3.43. The topological polar surface area (TPSA) is 74.6 Å². The fourth-order valence-electron chi connectivity index (χ4n) is 1.43. The van der Waals surface area contributed by atoms with Gasteiger partial charge in [0.25, 0.3) is 0 Å². The molecule has 1 rings (SSSR count). The number of aliphatic hydroxyl groups is 1. The molecular weight excluding hydrogens is 323 g/mol. The van der Waals surface area contributed by atoms with Gasteiger partial charge in [0, 0.05) is 15.6 Å². The average molecular weight is 334 g/mol. The van der Waals surface area contributed by atoms with Crippen LogP contribution in [0.1, 0.15) is 24.2 Å². The van der Waals surface area contributed by atoms with Crippen LogP contribution in [0.4, 0.5) is 0 Å². The lowest BCUT2D eigenvalue weighted by Gasteiger charge is -2.13. The van der Waals surface area contributed by atoms with Gasteiger partial charge in [-0.1, -0.05) is 12.1 Å². The Hall–Kier alpha value is -0.950. The lowest BCUT2D eigenvalue weighted by atomic mass is 9.98. The molecule has 1 aromatic carbocycles. The first-order valence-corrected chi connectivity index (χ1v) is 5.69. The Bertz CT molecular complexity index is 428. The maximum Gasteiger partial charge on any atom is 0.337 e. The summed E-state index contributed by atoms with van der Waals surface area (Å²) in [6.07, 6.45) is -1.45. The Balaban J connectivity index is 3.22. The van der Waals surface area contributed by atoms with Gasteiger partial charge in [-0.2, -0.15) is 0 Å². The van der Waals surface area contributed by atoms with Crippen molar-refractivity contribution >= 4 is 34.3 Å².